The van der Waals surface area contributed by atoms with Crippen LogP contribution in [0.4, 0.5) is 5.69 Å². The van der Waals surface area contributed by atoms with Crippen LogP contribution in [-0.2, 0) is 11.3 Å². The Balaban J connectivity index is 1.87. The van der Waals surface area contributed by atoms with E-state index in [1.807, 2.05) is 39.0 Å². The first-order chi connectivity index (χ1) is 11.4. The molecule has 0 bridgehead atoms. The number of furan rings is 1. The van der Waals surface area contributed by atoms with Crippen molar-refractivity contribution in [1.29, 1.82) is 0 Å². The number of benzene rings is 1. The van der Waals surface area contributed by atoms with Crippen LogP contribution in [-0.4, -0.2) is 15.5 Å². The summed E-state index contributed by atoms with van der Waals surface area (Å²) < 4.78 is 6.73. The predicted octanol–water partition coefficient (Wildman–Crippen LogP) is 2.86. The standard InChI is InChI=1S/C18H19N3O3/c1-10-5-6-14(11(2)7-10)20-15(22)8-21-9-19-17-16(18(21)23)12(3)13(4)24-17/h5-7,9H,8H2,1-4H3,(H,20,22). The number of fused-ring (bicyclic) bond motifs is 1. The Morgan fingerprint density at radius 2 is 2.00 bits per heavy atom. The van der Waals surface area contributed by atoms with E-state index in [-0.39, 0.29) is 18.0 Å². The topological polar surface area (TPSA) is 77.1 Å². The molecule has 6 nitrogen and oxygen atoms in total. The van der Waals surface area contributed by atoms with Gasteiger partial charge in [-0.05, 0) is 39.3 Å². The number of aromatic nitrogens is 2. The summed E-state index contributed by atoms with van der Waals surface area (Å²) in [5, 5.41) is 3.26. The quantitative estimate of drug-likeness (QED) is 0.803. The lowest BCUT2D eigenvalue weighted by Gasteiger charge is -2.10. The lowest BCUT2D eigenvalue weighted by molar-refractivity contribution is -0.116. The number of hydrogen-bond donors (Lipinski definition) is 1. The molecular formula is C18H19N3O3. The number of nitrogens with one attached hydrogen (secondary N) is 1. The number of aryl methyl sites for hydroxylation is 4. The van der Waals surface area contributed by atoms with Gasteiger partial charge in [0, 0.05) is 11.3 Å². The molecule has 124 valence electrons. The molecule has 0 atom stereocenters. The normalized spacial score (nSPS) is 11.0. The molecular weight excluding hydrogens is 306 g/mol. The van der Waals surface area contributed by atoms with Gasteiger partial charge in [-0.15, -0.1) is 0 Å². The molecule has 1 N–H and O–H groups in total. The van der Waals surface area contributed by atoms with Crippen molar-refractivity contribution in [3.8, 4) is 0 Å². The van der Waals surface area contributed by atoms with E-state index in [2.05, 4.69) is 10.3 Å². The fourth-order valence-corrected chi connectivity index (χ4v) is 2.68. The molecule has 1 aromatic carbocycles. The fourth-order valence-electron chi connectivity index (χ4n) is 2.68. The Bertz CT molecular complexity index is 999. The minimum absolute atomic E-state index is 0.0985. The molecule has 6 heteroatoms. The van der Waals surface area contributed by atoms with Crippen LogP contribution in [0.1, 0.15) is 22.5 Å². The number of carbonyl (C=O) groups is 1. The lowest BCUT2D eigenvalue weighted by Crippen LogP contribution is -2.28. The van der Waals surface area contributed by atoms with E-state index < -0.39 is 0 Å². The number of nitrogens with zero attached hydrogens (tertiary/aromatic N) is 2. The van der Waals surface area contributed by atoms with Gasteiger partial charge in [-0.2, -0.15) is 0 Å². The summed E-state index contributed by atoms with van der Waals surface area (Å²) in [7, 11) is 0. The van der Waals surface area contributed by atoms with Crippen LogP contribution in [0.15, 0.2) is 33.7 Å². The van der Waals surface area contributed by atoms with E-state index in [0.717, 1.165) is 22.4 Å². The number of hydrogen-bond acceptors (Lipinski definition) is 4. The van der Waals surface area contributed by atoms with Gasteiger partial charge in [-0.25, -0.2) is 4.98 Å². The average Bonchev–Trinajstić information content (AvgIpc) is 2.81. The molecule has 0 saturated heterocycles. The highest BCUT2D eigenvalue weighted by atomic mass is 16.3. The van der Waals surface area contributed by atoms with Crippen LogP contribution in [0, 0.1) is 27.7 Å². The summed E-state index contributed by atoms with van der Waals surface area (Å²) in [6.07, 6.45) is 1.34. The number of rotatable bonds is 3. The Morgan fingerprint density at radius 3 is 2.71 bits per heavy atom. The van der Waals surface area contributed by atoms with Crippen LogP contribution in [0.2, 0.25) is 0 Å². The van der Waals surface area contributed by atoms with Crippen LogP contribution < -0.4 is 10.9 Å². The molecule has 24 heavy (non-hydrogen) atoms. The van der Waals surface area contributed by atoms with Crippen LogP contribution in [0.5, 0.6) is 0 Å². The molecule has 0 fully saturated rings. The SMILES string of the molecule is Cc1ccc(NC(=O)Cn2cnc3oc(C)c(C)c3c2=O)c(C)c1. The lowest BCUT2D eigenvalue weighted by atomic mass is 10.1. The second kappa shape index (κ2) is 5.96. The van der Waals surface area contributed by atoms with Gasteiger partial charge in [0.1, 0.15) is 24.0 Å². The molecule has 2 heterocycles. The number of amides is 1. The third kappa shape index (κ3) is 2.82. The molecule has 1 amide bonds. The van der Waals surface area contributed by atoms with E-state index in [0.29, 0.717) is 16.9 Å². The molecule has 3 rings (SSSR count). The van der Waals surface area contributed by atoms with Crippen molar-refractivity contribution >= 4 is 22.7 Å². The molecule has 0 aliphatic heterocycles. The van der Waals surface area contributed by atoms with Crippen molar-refractivity contribution in [2.45, 2.75) is 34.2 Å². The van der Waals surface area contributed by atoms with Gasteiger partial charge in [-0.3, -0.25) is 14.2 Å². The van der Waals surface area contributed by atoms with Crippen molar-refractivity contribution in [3.63, 3.8) is 0 Å². The minimum atomic E-state index is -0.275. The largest absolute Gasteiger partial charge is 0.443 e. The molecule has 0 saturated carbocycles. The van der Waals surface area contributed by atoms with E-state index in [4.69, 9.17) is 4.42 Å². The Hall–Kier alpha value is -2.89. The first-order valence-electron chi connectivity index (χ1n) is 7.69. The monoisotopic (exact) mass is 325 g/mol. The summed E-state index contributed by atoms with van der Waals surface area (Å²) in [5.41, 5.74) is 3.63. The third-order valence-corrected chi connectivity index (χ3v) is 4.13. The van der Waals surface area contributed by atoms with Crippen molar-refractivity contribution < 1.29 is 9.21 Å². The Labute approximate surface area is 139 Å². The first-order valence-corrected chi connectivity index (χ1v) is 7.69. The van der Waals surface area contributed by atoms with Crippen molar-refractivity contribution in [2.75, 3.05) is 5.32 Å². The maximum Gasteiger partial charge on any atom is 0.265 e. The van der Waals surface area contributed by atoms with E-state index in [9.17, 15) is 9.59 Å². The summed E-state index contributed by atoms with van der Waals surface area (Å²) >= 11 is 0. The van der Waals surface area contributed by atoms with Gasteiger partial charge in [-0.1, -0.05) is 17.7 Å². The second-order valence-electron chi connectivity index (χ2n) is 6.01. The van der Waals surface area contributed by atoms with Gasteiger partial charge >= 0.3 is 0 Å². The summed E-state index contributed by atoms with van der Waals surface area (Å²) in [4.78, 5) is 28.9. The van der Waals surface area contributed by atoms with Crippen LogP contribution in [0.3, 0.4) is 0 Å². The molecule has 0 radical (unpaired) electrons. The van der Waals surface area contributed by atoms with Gasteiger partial charge in [0.05, 0.1) is 0 Å². The van der Waals surface area contributed by atoms with Gasteiger partial charge in [0.25, 0.3) is 5.56 Å². The molecule has 0 aliphatic carbocycles. The van der Waals surface area contributed by atoms with E-state index >= 15 is 0 Å². The molecule has 0 aliphatic rings. The number of carbonyl (C=O) groups excluding carboxylic acids is 1. The van der Waals surface area contributed by atoms with E-state index in [1.54, 1.807) is 6.92 Å². The maximum absolute atomic E-state index is 12.5. The molecule has 0 spiro atoms. The molecule has 2 aromatic heterocycles. The van der Waals surface area contributed by atoms with Gasteiger partial charge in [0.15, 0.2) is 0 Å². The van der Waals surface area contributed by atoms with Gasteiger partial charge < -0.3 is 9.73 Å². The number of anilines is 1. The highest BCUT2D eigenvalue weighted by molar-refractivity contribution is 5.91. The summed E-state index contributed by atoms with van der Waals surface area (Å²) in [6, 6.07) is 5.78. The van der Waals surface area contributed by atoms with Crippen molar-refractivity contribution in [3.05, 3.63) is 57.3 Å². The Morgan fingerprint density at radius 1 is 1.25 bits per heavy atom. The molecule has 3 aromatic rings. The second-order valence-corrected chi connectivity index (χ2v) is 6.01. The zero-order valence-electron chi connectivity index (χ0n) is 14.1. The zero-order valence-corrected chi connectivity index (χ0v) is 14.1. The highest BCUT2D eigenvalue weighted by Crippen LogP contribution is 2.19. The maximum atomic E-state index is 12.5. The van der Waals surface area contributed by atoms with E-state index in [1.165, 1.54) is 10.9 Å². The zero-order chi connectivity index (χ0) is 17.4. The third-order valence-electron chi connectivity index (χ3n) is 4.13. The predicted molar refractivity (Wildman–Crippen MR) is 92.3 cm³/mol. The highest BCUT2D eigenvalue weighted by Gasteiger charge is 2.15. The minimum Gasteiger partial charge on any atom is -0.443 e. The smallest absolute Gasteiger partial charge is 0.265 e. The summed E-state index contributed by atoms with van der Waals surface area (Å²) in [5.74, 6) is 0.384. The van der Waals surface area contributed by atoms with Crippen LogP contribution >= 0.6 is 0 Å². The Kier molecular flexibility index (Phi) is 3.97. The van der Waals surface area contributed by atoms with Crippen molar-refractivity contribution in [1.82, 2.24) is 9.55 Å². The fraction of sp³-hybridized carbons (Fsp3) is 0.278. The van der Waals surface area contributed by atoms with Gasteiger partial charge in [0.2, 0.25) is 11.6 Å². The summed E-state index contributed by atoms with van der Waals surface area (Å²) in [6.45, 7) is 7.42. The van der Waals surface area contributed by atoms with Crippen LogP contribution in [0.25, 0.3) is 11.1 Å². The average molecular weight is 325 g/mol. The molecule has 0 unspecified atom stereocenters. The first kappa shape index (κ1) is 16.0. The van der Waals surface area contributed by atoms with Crippen molar-refractivity contribution in [2.24, 2.45) is 0 Å².